The number of unbranched alkanes of at least 4 members (excludes halogenated alkanes) is 1. The highest BCUT2D eigenvalue weighted by molar-refractivity contribution is 5.99. The average molecular weight is 238 g/mol. The summed E-state index contributed by atoms with van der Waals surface area (Å²) in [7, 11) is 1.68. The van der Waals surface area contributed by atoms with Crippen molar-refractivity contribution >= 4 is 5.84 Å². The van der Waals surface area contributed by atoms with Crippen molar-refractivity contribution in [2.45, 2.75) is 12.8 Å². The number of hydrogen-bond acceptors (Lipinski definition) is 4. The number of nitrogens with two attached hydrogens (primary N) is 1. The number of ether oxygens (including phenoxy) is 2. The molecular formula is C12H18N2O3. The van der Waals surface area contributed by atoms with Crippen molar-refractivity contribution in [1.29, 1.82) is 0 Å². The zero-order valence-corrected chi connectivity index (χ0v) is 9.93. The zero-order chi connectivity index (χ0) is 12.5. The molecule has 0 bridgehead atoms. The van der Waals surface area contributed by atoms with Crippen molar-refractivity contribution in [1.82, 2.24) is 0 Å². The van der Waals surface area contributed by atoms with Crippen LogP contribution in [0, 0.1) is 0 Å². The fourth-order valence-corrected chi connectivity index (χ4v) is 1.39. The summed E-state index contributed by atoms with van der Waals surface area (Å²) in [5.41, 5.74) is 6.15. The van der Waals surface area contributed by atoms with Crippen molar-refractivity contribution in [2.24, 2.45) is 10.9 Å². The third-order valence-electron chi connectivity index (χ3n) is 2.27. The van der Waals surface area contributed by atoms with Gasteiger partial charge in [0.05, 0.1) is 12.2 Å². The SMILES string of the molecule is COCCCCOc1ccccc1/C(N)=N/O. The van der Waals surface area contributed by atoms with Crippen LogP contribution in [0.5, 0.6) is 5.75 Å². The van der Waals surface area contributed by atoms with Gasteiger partial charge in [0, 0.05) is 13.7 Å². The van der Waals surface area contributed by atoms with Gasteiger partial charge in [-0.2, -0.15) is 0 Å². The highest BCUT2D eigenvalue weighted by Crippen LogP contribution is 2.17. The van der Waals surface area contributed by atoms with Gasteiger partial charge in [0.1, 0.15) is 5.75 Å². The molecular weight excluding hydrogens is 220 g/mol. The first kappa shape index (κ1) is 13.3. The highest BCUT2D eigenvalue weighted by Gasteiger charge is 2.06. The molecule has 1 rings (SSSR count). The number of oxime groups is 1. The fourth-order valence-electron chi connectivity index (χ4n) is 1.39. The van der Waals surface area contributed by atoms with Gasteiger partial charge in [-0.3, -0.25) is 0 Å². The average Bonchev–Trinajstić information content (AvgIpc) is 2.38. The van der Waals surface area contributed by atoms with Gasteiger partial charge in [-0.25, -0.2) is 0 Å². The molecule has 0 aliphatic carbocycles. The lowest BCUT2D eigenvalue weighted by atomic mass is 10.2. The van der Waals surface area contributed by atoms with Crippen LogP contribution in [0.4, 0.5) is 0 Å². The minimum absolute atomic E-state index is 0.0532. The Morgan fingerprint density at radius 1 is 1.29 bits per heavy atom. The van der Waals surface area contributed by atoms with E-state index in [1.807, 2.05) is 12.1 Å². The molecule has 5 heteroatoms. The number of hydrogen-bond donors (Lipinski definition) is 2. The maximum Gasteiger partial charge on any atom is 0.173 e. The quantitative estimate of drug-likeness (QED) is 0.248. The van der Waals surface area contributed by atoms with Crippen LogP contribution >= 0.6 is 0 Å². The van der Waals surface area contributed by atoms with E-state index in [2.05, 4.69) is 5.16 Å². The van der Waals surface area contributed by atoms with Crippen LogP contribution in [0.25, 0.3) is 0 Å². The summed E-state index contributed by atoms with van der Waals surface area (Å²) in [6, 6.07) is 7.20. The smallest absolute Gasteiger partial charge is 0.173 e. The zero-order valence-electron chi connectivity index (χ0n) is 9.93. The number of para-hydroxylation sites is 1. The summed E-state index contributed by atoms with van der Waals surface area (Å²) >= 11 is 0. The van der Waals surface area contributed by atoms with Crippen LogP contribution in [0.1, 0.15) is 18.4 Å². The molecule has 1 aromatic rings. The van der Waals surface area contributed by atoms with Crippen LogP contribution in [0.3, 0.4) is 0 Å². The van der Waals surface area contributed by atoms with Gasteiger partial charge in [0.2, 0.25) is 0 Å². The second kappa shape index (κ2) is 7.51. The summed E-state index contributed by atoms with van der Waals surface area (Å²) < 4.78 is 10.5. The summed E-state index contributed by atoms with van der Waals surface area (Å²) in [5, 5.41) is 11.6. The van der Waals surface area contributed by atoms with E-state index in [0.29, 0.717) is 17.9 Å². The monoisotopic (exact) mass is 238 g/mol. The topological polar surface area (TPSA) is 77.1 Å². The van der Waals surface area contributed by atoms with Crippen LogP contribution in [-0.2, 0) is 4.74 Å². The van der Waals surface area contributed by atoms with E-state index < -0.39 is 0 Å². The van der Waals surface area contributed by atoms with Crippen LogP contribution < -0.4 is 10.5 Å². The lowest BCUT2D eigenvalue weighted by molar-refractivity contribution is 0.184. The second-order valence-corrected chi connectivity index (χ2v) is 3.53. The van der Waals surface area contributed by atoms with Gasteiger partial charge < -0.3 is 20.4 Å². The molecule has 0 atom stereocenters. The van der Waals surface area contributed by atoms with Crippen molar-refractivity contribution in [2.75, 3.05) is 20.3 Å². The molecule has 0 amide bonds. The molecule has 1 aromatic carbocycles. The Labute approximate surface area is 101 Å². The van der Waals surface area contributed by atoms with Gasteiger partial charge in [-0.15, -0.1) is 0 Å². The van der Waals surface area contributed by atoms with Gasteiger partial charge in [0.25, 0.3) is 0 Å². The van der Waals surface area contributed by atoms with Crippen LogP contribution in [-0.4, -0.2) is 31.4 Å². The normalized spacial score (nSPS) is 11.5. The second-order valence-electron chi connectivity index (χ2n) is 3.53. The third-order valence-corrected chi connectivity index (χ3v) is 2.27. The lowest BCUT2D eigenvalue weighted by Gasteiger charge is -2.10. The Hall–Kier alpha value is -1.75. The fraction of sp³-hybridized carbons (Fsp3) is 0.417. The molecule has 0 saturated heterocycles. The molecule has 0 heterocycles. The molecule has 17 heavy (non-hydrogen) atoms. The number of benzene rings is 1. The number of nitrogens with zero attached hydrogens (tertiary/aromatic N) is 1. The van der Waals surface area contributed by atoms with E-state index in [4.69, 9.17) is 20.4 Å². The Balaban J connectivity index is 2.53. The Morgan fingerprint density at radius 3 is 2.71 bits per heavy atom. The number of amidine groups is 1. The van der Waals surface area contributed by atoms with Gasteiger partial charge >= 0.3 is 0 Å². The molecule has 0 aliphatic heterocycles. The molecule has 0 spiro atoms. The third kappa shape index (κ3) is 4.32. The van der Waals surface area contributed by atoms with E-state index in [9.17, 15) is 0 Å². The van der Waals surface area contributed by atoms with E-state index in [1.165, 1.54) is 0 Å². The Morgan fingerprint density at radius 2 is 2.00 bits per heavy atom. The lowest BCUT2D eigenvalue weighted by Crippen LogP contribution is -2.15. The van der Waals surface area contributed by atoms with E-state index in [1.54, 1.807) is 19.2 Å². The van der Waals surface area contributed by atoms with Crippen LogP contribution in [0.2, 0.25) is 0 Å². The minimum Gasteiger partial charge on any atom is -0.493 e. The number of methoxy groups -OCH3 is 1. The van der Waals surface area contributed by atoms with E-state index in [0.717, 1.165) is 19.4 Å². The largest absolute Gasteiger partial charge is 0.493 e. The first-order valence-corrected chi connectivity index (χ1v) is 5.48. The molecule has 0 aliphatic rings. The molecule has 3 N–H and O–H groups in total. The molecule has 0 aromatic heterocycles. The summed E-state index contributed by atoms with van der Waals surface area (Å²) in [4.78, 5) is 0. The van der Waals surface area contributed by atoms with Gasteiger partial charge in [0.15, 0.2) is 5.84 Å². The molecule has 0 fully saturated rings. The standard InChI is InChI=1S/C12H18N2O3/c1-16-8-4-5-9-17-11-7-3-2-6-10(11)12(13)14-15/h2-3,6-7,15H,4-5,8-9H2,1H3,(H2,13,14). The Kier molecular flexibility index (Phi) is 5.88. The predicted octanol–water partition coefficient (Wildman–Crippen LogP) is 1.59. The molecule has 0 unspecified atom stereocenters. The summed E-state index contributed by atoms with van der Waals surface area (Å²) in [5.74, 6) is 0.678. The molecule has 0 radical (unpaired) electrons. The molecule has 0 saturated carbocycles. The van der Waals surface area contributed by atoms with Crippen molar-refractivity contribution < 1.29 is 14.7 Å². The summed E-state index contributed by atoms with van der Waals surface area (Å²) in [6.45, 7) is 1.31. The minimum atomic E-state index is 0.0532. The van der Waals surface area contributed by atoms with Crippen LogP contribution in [0.15, 0.2) is 29.4 Å². The first-order valence-electron chi connectivity index (χ1n) is 5.48. The Bertz CT molecular complexity index is 367. The van der Waals surface area contributed by atoms with E-state index >= 15 is 0 Å². The maximum absolute atomic E-state index is 8.65. The number of rotatable bonds is 7. The molecule has 94 valence electrons. The van der Waals surface area contributed by atoms with Crippen molar-refractivity contribution in [3.8, 4) is 5.75 Å². The summed E-state index contributed by atoms with van der Waals surface area (Å²) in [6.07, 6.45) is 1.85. The highest BCUT2D eigenvalue weighted by atomic mass is 16.5. The van der Waals surface area contributed by atoms with E-state index in [-0.39, 0.29) is 5.84 Å². The predicted molar refractivity (Wildman–Crippen MR) is 65.6 cm³/mol. The van der Waals surface area contributed by atoms with Gasteiger partial charge in [-0.1, -0.05) is 17.3 Å². The first-order chi connectivity index (χ1) is 8.29. The van der Waals surface area contributed by atoms with Crippen molar-refractivity contribution in [3.63, 3.8) is 0 Å². The molecule has 5 nitrogen and oxygen atoms in total. The van der Waals surface area contributed by atoms with Crippen molar-refractivity contribution in [3.05, 3.63) is 29.8 Å². The maximum atomic E-state index is 8.65. The van der Waals surface area contributed by atoms with Gasteiger partial charge in [-0.05, 0) is 25.0 Å².